The van der Waals surface area contributed by atoms with Crippen LogP contribution in [0.2, 0.25) is 0 Å². The first-order chi connectivity index (χ1) is 11.4. The van der Waals surface area contributed by atoms with E-state index in [0.717, 1.165) is 22.6 Å². The van der Waals surface area contributed by atoms with Crippen molar-refractivity contribution in [3.63, 3.8) is 0 Å². The predicted octanol–water partition coefficient (Wildman–Crippen LogP) is 6.03. The molecule has 2 aliphatic rings. The maximum Gasteiger partial charge on any atom is 0.0812 e. The van der Waals surface area contributed by atoms with Gasteiger partial charge in [-0.3, -0.25) is 5.14 Å². The third-order valence-electron chi connectivity index (χ3n) is 5.42. The van der Waals surface area contributed by atoms with Crippen LogP contribution in [0.25, 0.3) is 10.2 Å². The van der Waals surface area contributed by atoms with Crippen molar-refractivity contribution in [2.75, 3.05) is 0 Å². The summed E-state index contributed by atoms with van der Waals surface area (Å²) >= 11 is 3.32. The number of thiazole rings is 1. The number of nitrogens with zero attached hydrogens (tertiary/aromatic N) is 1. The Morgan fingerprint density at radius 2 is 1.70 bits per heavy atom. The normalized spacial score (nSPS) is 25.8. The predicted molar refractivity (Wildman–Crippen MR) is 104 cm³/mol. The quantitative estimate of drug-likeness (QED) is 0.674. The highest BCUT2D eigenvalue weighted by Gasteiger charge is 2.32. The van der Waals surface area contributed by atoms with Crippen LogP contribution < -0.4 is 5.14 Å². The first-order valence-electron chi connectivity index (χ1n) is 9.02. The first kappa shape index (κ1) is 17.2. The molecule has 1 aromatic heterocycles. The highest BCUT2D eigenvalue weighted by Crippen LogP contribution is 2.41. The molecule has 2 unspecified atom stereocenters. The Hall–Kier alpha value is -0.580. The maximum atomic E-state index is 5.82. The van der Waals surface area contributed by atoms with Gasteiger partial charge in [-0.2, -0.15) is 0 Å². The van der Waals surface area contributed by atoms with E-state index in [1.807, 2.05) is 23.7 Å². The van der Waals surface area contributed by atoms with Crippen LogP contribution in [0.5, 0.6) is 0 Å². The zero-order valence-corrected chi connectivity index (χ0v) is 15.5. The number of nitrogens with two attached hydrogens (primary N) is 1. The molecule has 4 rings (SSSR count). The lowest BCUT2D eigenvalue weighted by molar-refractivity contribution is 0.203. The third kappa shape index (κ3) is 4.71. The zero-order chi connectivity index (χ0) is 15.9. The summed E-state index contributed by atoms with van der Waals surface area (Å²) in [6.45, 7) is 0. The zero-order valence-electron chi connectivity index (χ0n) is 13.8. The second kappa shape index (κ2) is 9.05. The Bertz CT molecular complexity index is 547. The van der Waals surface area contributed by atoms with Gasteiger partial charge < -0.3 is 0 Å². The monoisotopic (exact) mass is 348 g/mol. The maximum absolute atomic E-state index is 5.82. The fourth-order valence-corrected chi connectivity index (χ4v) is 5.74. The standard InChI is InChI=1S/C12H23NS.C7H5NS/c13-14-12-9-5-4-8-11(12)10-6-2-1-3-7-10;1-2-4-7-6(3-1)8-5-9-7/h10-12H,1-9,13H2;1-5H. The van der Waals surface area contributed by atoms with Crippen molar-refractivity contribution in [2.24, 2.45) is 17.0 Å². The van der Waals surface area contributed by atoms with E-state index in [1.54, 1.807) is 23.3 Å². The van der Waals surface area contributed by atoms with Gasteiger partial charge in [0.15, 0.2) is 0 Å². The minimum absolute atomic E-state index is 0.784. The van der Waals surface area contributed by atoms with Gasteiger partial charge in [-0.1, -0.05) is 69.0 Å². The van der Waals surface area contributed by atoms with Gasteiger partial charge in [0.05, 0.1) is 15.7 Å². The lowest BCUT2D eigenvalue weighted by Crippen LogP contribution is -2.31. The molecule has 0 aliphatic heterocycles. The van der Waals surface area contributed by atoms with Crippen molar-refractivity contribution in [1.82, 2.24) is 4.98 Å². The molecular formula is C19H28N2S2. The van der Waals surface area contributed by atoms with Crippen LogP contribution >= 0.6 is 23.3 Å². The SMILES string of the molecule is NSC1CCCCC1C1CCCCC1.c1ccc2scnc2c1. The average molecular weight is 349 g/mol. The molecule has 2 aromatic rings. The molecule has 2 fully saturated rings. The van der Waals surface area contributed by atoms with Crippen LogP contribution in [-0.2, 0) is 0 Å². The van der Waals surface area contributed by atoms with E-state index in [9.17, 15) is 0 Å². The number of para-hydroxylation sites is 1. The van der Waals surface area contributed by atoms with Crippen LogP contribution in [0.4, 0.5) is 0 Å². The lowest BCUT2D eigenvalue weighted by Gasteiger charge is -2.37. The molecule has 2 N–H and O–H groups in total. The Kier molecular flexibility index (Phi) is 6.79. The summed E-state index contributed by atoms with van der Waals surface area (Å²) in [5, 5.41) is 6.60. The van der Waals surface area contributed by atoms with Crippen molar-refractivity contribution in [3.05, 3.63) is 29.8 Å². The summed E-state index contributed by atoms with van der Waals surface area (Å²) in [7, 11) is 0. The van der Waals surface area contributed by atoms with Gasteiger partial charge in [0.2, 0.25) is 0 Å². The first-order valence-corrected chi connectivity index (χ1v) is 10.8. The van der Waals surface area contributed by atoms with Crippen molar-refractivity contribution in [3.8, 4) is 0 Å². The summed E-state index contributed by atoms with van der Waals surface area (Å²) in [5.41, 5.74) is 2.97. The van der Waals surface area contributed by atoms with E-state index >= 15 is 0 Å². The van der Waals surface area contributed by atoms with Crippen molar-refractivity contribution < 1.29 is 0 Å². The van der Waals surface area contributed by atoms with Crippen molar-refractivity contribution in [1.29, 1.82) is 0 Å². The molecule has 2 nitrogen and oxygen atoms in total. The molecule has 0 amide bonds. The molecule has 126 valence electrons. The molecule has 0 radical (unpaired) electrons. The van der Waals surface area contributed by atoms with Crippen molar-refractivity contribution >= 4 is 33.5 Å². The molecule has 2 atom stereocenters. The lowest BCUT2D eigenvalue weighted by atomic mass is 9.73. The third-order valence-corrected chi connectivity index (χ3v) is 7.17. The Labute approximate surface area is 148 Å². The summed E-state index contributed by atoms with van der Waals surface area (Å²) in [4.78, 5) is 4.14. The van der Waals surface area contributed by atoms with E-state index in [0.29, 0.717) is 0 Å². The fraction of sp³-hybridized carbons (Fsp3) is 0.632. The van der Waals surface area contributed by atoms with Gasteiger partial charge in [-0.25, -0.2) is 4.98 Å². The fourth-order valence-electron chi connectivity index (χ4n) is 4.20. The van der Waals surface area contributed by atoms with Gasteiger partial charge in [-0.15, -0.1) is 11.3 Å². The van der Waals surface area contributed by atoms with E-state index in [2.05, 4.69) is 11.1 Å². The van der Waals surface area contributed by atoms with Gasteiger partial charge >= 0.3 is 0 Å². The van der Waals surface area contributed by atoms with Crippen LogP contribution in [0.15, 0.2) is 29.8 Å². The molecule has 23 heavy (non-hydrogen) atoms. The van der Waals surface area contributed by atoms with E-state index < -0.39 is 0 Å². The number of hydrogen-bond donors (Lipinski definition) is 1. The summed E-state index contributed by atoms with van der Waals surface area (Å²) in [5.74, 6) is 1.98. The van der Waals surface area contributed by atoms with Crippen LogP contribution in [0, 0.1) is 11.8 Å². The van der Waals surface area contributed by atoms with E-state index in [4.69, 9.17) is 5.14 Å². The van der Waals surface area contributed by atoms with Crippen LogP contribution in [-0.4, -0.2) is 10.2 Å². The molecule has 2 saturated carbocycles. The Morgan fingerprint density at radius 1 is 0.957 bits per heavy atom. The molecule has 0 saturated heterocycles. The summed E-state index contributed by atoms with van der Waals surface area (Å²) in [6, 6.07) is 8.13. The van der Waals surface area contributed by atoms with Gasteiger partial charge in [-0.05, 0) is 36.8 Å². The number of benzene rings is 1. The number of aromatic nitrogens is 1. The minimum atomic E-state index is 0.784. The molecule has 1 heterocycles. The smallest absolute Gasteiger partial charge is 0.0812 e. The second-order valence-electron chi connectivity index (χ2n) is 6.84. The molecule has 2 aliphatic carbocycles. The minimum Gasteiger partial charge on any atom is -0.278 e. The molecule has 0 bridgehead atoms. The molecular weight excluding hydrogens is 320 g/mol. The summed E-state index contributed by atoms with van der Waals surface area (Å²) in [6.07, 6.45) is 13.1. The average Bonchev–Trinajstić information content (AvgIpc) is 3.12. The van der Waals surface area contributed by atoms with Crippen LogP contribution in [0.3, 0.4) is 0 Å². The van der Waals surface area contributed by atoms with E-state index in [1.165, 1.54) is 62.5 Å². The van der Waals surface area contributed by atoms with Gasteiger partial charge in [0.25, 0.3) is 0 Å². The van der Waals surface area contributed by atoms with Gasteiger partial charge in [0.1, 0.15) is 0 Å². The van der Waals surface area contributed by atoms with E-state index in [-0.39, 0.29) is 0 Å². The Morgan fingerprint density at radius 3 is 2.48 bits per heavy atom. The number of hydrogen-bond acceptors (Lipinski definition) is 4. The molecule has 0 spiro atoms. The molecule has 4 heteroatoms. The summed E-state index contributed by atoms with van der Waals surface area (Å²) < 4.78 is 1.26. The largest absolute Gasteiger partial charge is 0.278 e. The van der Waals surface area contributed by atoms with Crippen LogP contribution in [0.1, 0.15) is 57.8 Å². The Balaban J connectivity index is 0.000000149. The van der Waals surface area contributed by atoms with Gasteiger partial charge in [0, 0.05) is 5.25 Å². The van der Waals surface area contributed by atoms with Crippen molar-refractivity contribution in [2.45, 2.75) is 63.0 Å². The highest BCUT2D eigenvalue weighted by molar-refractivity contribution is 7.97. The topological polar surface area (TPSA) is 38.9 Å². The molecule has 1 aromatic carbocycles. The highest BCUT2D eigenvalue weighted by atomic mass is 32.2. The second-order valence-corrected chi connectivity index (χ2v) is 8.61. The number of fused-ring (bicyclic) bond motifs is 1. The number of rotatable bonds is 2.